The number of benzene rings is 2. The third-order valence-electron chi connectivity index (χ3n) is 3.44. The summed E-state index contributed by atoms with van der Waals surface area (Å²) in [5.74, 6) is 1.13. The maximum Gasteiger partial charge on any atom is 0.145 e. The minimum Gasteiger partial charge on any atom is -0.456 e. The van der Waals surface area contributed by atoms with E-state index in [-0.39, 0.29) is 5.92 Å². The van der Waals surface area contributed by atoms with Gasteiger partial charge in [-0.15, -0.1) is 11.8 Å². The van der Waals surface area contributed by atoms with Crippen LogP contribution in [0.4, 0.5) is 0 Å². The average molecular weight is 361 g/mol. The molecule has 1 aliphatic heterocycles. The lowest BCUT2D eigenvalue weighted by atomic mass is 9.95. The van der Waals surface area contributed by atoms with Crippen LogP contribution in [-0.4, -0.2) is 12.5 Å². The van der Waals surface area contributed by atoms with E-state index >= 15 is 0 Å². The quantitative estimate of drug-likeness (QED) is 0.578. The van der Waals surface area contributed by atoms with Crippen LogP contribution in [0, 0.1) is 0 Å². The van der Waals surface area contributed by atoms with Crippen LogP contribution < -0.4 is 4.74 Å². The van der Waals surface area contributed by atoms with Crippen molar-refractivity contribution >= 4 is 39.7 Å². The van der Waals surface area contributed by atoms with Crippen molar-refractivity contribution in [1.82, 2.24) is 0 Å². The van der Waals surface area contributed by atoms with E-state index in [1.807, 2.05) is 54.8 Å². The van der Waals surface area contributed by atoms with Crippen molar-refractivity contribution in [1.29, 1.82) is 0 Å². The number of fused-ring (bicyclic) bond motifs is 1. The zero-order valence-electron chi connectivity index (χ0n) is 11.4. The van der Waals surface area contributed by atoms with E-state index in [1.54, 1.807) is 11.8 Å². The molecule has 0 saturated carbocycles. The van der Waals surface area contributed by atoms with Gasteiger partial charge in [0.25, 0.3) is 0 Å². The number of hydrogen-bond acceptors (Lipinski definition) is 3. The molecule has 1 aliphatic rings. The minimum atomic E-state index is -0.315. The van der Waals surface area contributed by atoms with Crippen LogP contribution in [-0.2, 0) is 4.79 Å². The highest BCUT2D eigenvalue weighted by atomic mass is 79.9. The van der Waals surface area contributed by atoms with Gasteiger partial charge in [-0.1, -0.05) is 46.3 Å². The number of halogens is 1. The third kappa shape index (κ3) is 2.65. The zero-order valence-corrected chi connectivity index (χ0v) is 13.8. The summed E-state index contributed by atoms with van der Waals surface area (Å²) in [7, 11) is 0. The van der Waals surface area contributed by atoms with E-state index < -0.39 is 0 Å². The van der Waals surface area contributed by atoms with Crippen LogP contribution in [0.15, 0.2) is 57.9 Å². The molecule has 0 spiro atoms. The van der Waals surface area contributed by atoms with Crippen LogP contribution >= 0.6 is 27.7 Å². The number of carbonyl (C=O) groups is 1. The van der Waals surface area contributed by atoms with Gasteiger partial charge in [-0.25, -0.2) is 0 Å². The third-order valence-corrected chi connectivity index (χ3v) is 5.04. The fourth-order valence-corrected chi connectivity index (χ4v) is 3.41. The Bertz CT molecular complexity index is 707. The Balaban J connectivity index is 2.07. The van der Waals surface area contributed by atoms with Gasteiger partial charge in [-0.3, -0.25) is 0 Å². The molecule has 21 heavy (non-hydrogen) atoms. The van der Waals surface area contributed by atoms with Crippen molar-refractivity contribution in [2.75, 3.05) is 6.26 Å². The molecule has 2 aromatic carbocycles. The topological polar surface area (TPSA) is 26.3 Å². The van der Waals surface area contributed by atoms with Crippen molar-refractivity contribution in [3.63, 3.8) is 0 Å². The second-order valence-corrected chi connectivity index (χ2v) is 6.39. The van der Waals surface area contributed by atoms with Crippen LogP contribution in [0.5, 0.6) is 5.75 Å². The first-order valence-corrected chi connectivity index (χ1v) is 8.52. The molecule has 0 radical (unpaired) electrons. The van der Waals surface area contributed by atoms with Gasteiger partial charge in [0.15, 0.2) is 0 Å². The highest BCUT2D eigenvalue weighted by Crippen LogP contribution is 2.43. The lowest BCUT2D eigenvalue weighted by molar-refractivity contribution is -0.108. The van der Waals surface area contributed by atoms with Gasteiger partial charge < -0.3 is 9.53 Å². The van der Waals surface area contributed by atoms with Crippen molar-refractivity contribution in [3.8, 4) is 5.75 Å². The van der Waals surface area contributed by atoms with Gasteiger partial charge in [0.2, 0.25) is 0 Å². The molecule has 0 amide bonds. The van der Waals surface area contributed by atoms with Crippen LogP contribution in [0.2, 0.25) is 0 Å². The SMILES string of the molecule is CSc1ccc(C2=C(Br)C(C=O)c3ccccc3O2)cc1. The second kappa shape index (κ2) is 6.08. The predicted octanol–water partition coefficient (Wildman–Crippen LogP) is 4.85. The van der Waals surface area contributed by atoms with Gasteiger partial charge in [-0.2, -0.15) is 0 Å². The fourth-order valence-electron chi connectivity index (χ4n) is 2.34. The summed E-state index contributed by atoms with van der Waals surface area (Å²) in [5.41, 5.74) is 1.85. The summed E-state index contributed by atoms with van der Waals surface area (Å²) in [5, 5.41) is 0. The van der Waals surface area contributed by atoms with Gasteiger partial charge in [0.05, 0.1) is 10.4 Å². The molecule has 1 heterocycles. The Hall–Kier alpha value is -1.52. The van der Waals surface area contributed by atoms with Crippen molar-refractivity contribution in [3.05, 3.63) is 64.1 Å². The molecular weight excluding hydrogens is 348 g/mol. The van der Waals surface area contributed by atoms with E-state index in [9.17, 15) is 4.79 Å². The maximum atomic E-state index is 11.5. The van der Waals surface area contributed by atoms with Crippen LogP contribution in [0.3, 0.4) is 0 Å². The fraction of sp³-hybridized carbons (Fsp3) is 0.118. The highest BCUT2D eigenvalue weighted by molar-refractivity contribution is 9.11. The van der Waals surface area contributed by atoms with Gasteiger partial charge >= 0.3 is 0 Å². The first-order valence-electron chi connectivity index (χ1n) is 6.50. The molecule has 0 fully saturated rings. The number of para-hydroxylation sites is 1. The maximum absolute atomic E-state index is 11.5. The highest BCUT2D eigenvalue weighted by Gasteiger charge is 2.28. The van der Waals surface area contributed by atoms with Crippen LogP contribution in [0.1, 0.15) is 17.0 Å². The first-order chi connectivity index (χ1) is 10.2. The number of hydrogen-bond donors (Lipinski definition) is 0. The van der Waals surface area contributed by atoms with E-state index in [1.165, 1.54) is 4.90 Å². The predicted molar refractivity (Wildman–Crippen MR) is 89.9 cm³/mol. The summed E-state index contributed by atoms with van der Waals surface area (Å²) in [6.45, 7) is 0. The number of rotatable bonds is 3. The van der Waals surface area contributed by atoms with Crippen molar-refractivity contribution in [2.45, 2.75) is 10.8 Å². The Morgan fingerprint density at radius 1 is 1.14 bits per heavy atom. The molecule has 0 saturated heterocycles. The molecule has 0 aromatic heterocycles. The molecule has 2 nitrogen and oxygen atoms in total. The number of aldehydes is 1. The monoisotopic (exact) mass is 360 g/mol. The lowest BCUT2D eigenvalue weighted by Crippen LogP contribution is -2.13. The average Bonchev–Trinajstić information content (AvgIpc) is 2.54. The summed E-state index contributed by atoms with van der Waals surface area (Å²) < 4.78 is 6.77. The standard InChI is InChI=1S/C17H13BrO2S/c1-21-12-8-6-11(7-9-12)17-16(18)14(10-19)13-4-2-3-5-15(13)20-17/h2-10,14H,1H3. The largest absolute Gasteiger partial charge is 0.456 e. The smallest absolute Gasteiger partial charge is 0.145 e. The van der Waals surface area contributed by atoms with Crippen molar-refractivity contribution in [2.24, 2.45) is 0 Å². The van der Waals surface area contributed by atoms with E-state index in [0.29, 0.717) is 5.76 Å². The molecular formula is C17H13BrO2S. The summed E-state index contributed by atoms with van der Waals surface area (Å²) in [6, 6.07) is 15.8. The first kappa shape index (κ1) is 14.4. The molecule has 4 heteroatoms. The molecule has 0 bridgehead atoms. The van der Waals surface area contributed by atoms with Gasteiger partial charge in [0, 0.05) is 16.0 Å². The molecule has 1 atom stereocenters. The summed E-state index contributed by atoms with van der Waals surface area (Å²) in [6.07, 6.45) is 2.99. The summed E-state index contributed by atoms with van der Waals surface area (Å²) in [4.78, 5) is 12.7. The van der Waals surface area contributed by atoms with E-state index in [0.717, 1.165) is 27.6 Å². The Morgan fingerprint density at radius 2 is 1.86 bits per heavy atom. The zero-order chi connectivity index (χ0) is 14.8. The van der Waals surface area contributed by atoms with E-state index in [4.69, 9.17) is 4.74 Å². The Labute approximate surface area is 136 Å². The molecule has 2 aromatic rings. The molecule has 106 valence electrons. The molecule has 1 unspecified atom stereocenters. The Kier molecular flexibility index (Phi) is 4.17. The number of allylic oxidation sites excluding steroid dienone is 1. The normalized spacial score (nSPS) is 17.1. The van der Waals surface area contributed by atoms with Crippen LogP contribution in [0.25, 0.3) is 5.76 Å². The number of thioether (sulfide) groups is 1. The van der Waals surface area contributed by atoms with E-state index in [2.05, 4.69) is 15.9 Å². The Morgan fingerprint density at radius 3 is 2.52 bits per heavy atom. The van der Waals surface area contributed by atoms with Crippen molar-refractivity contribution < 1.29 is 9.53 Å². The molecule has 0 aliphatic carbocycles. The molecule has 3 rings (SSSR count). The van der Waals surface area contributed by atoms with Gasteiger partial charge in [-0.05, 0) is 24.5 Å². The lowest BCUT2D eigenvalue weighted by Gasteiger charge is -2.25. The number of carbonyl (C=O) groups excluding carboxylic acids is 1. The van der Waals surface area contributed by atoms with Gasteiger partial charge in [0.1, 0.15) is 17.8 Å². The summed E-state index contributed by atoms with van der Waals surface area (Å²) >= 11 is 5.24. The minimum absolute atomic E-state index is 0.315. The molecule has 0 N–H and O–H groups in total. The number of ether oxygens (including phenoxy) is 1. The second-order valence-electron chi connectivity index (χ2n) is 4.66.